The first-order valence-corrected chi connectivity index (χ1v) is 5.90. The average Bonchev–Trinajstić information content (AvgIpc) is 2.82. The maximum Gasteiger partial charge on any atom is 0.417 e. The Kier molecular flexibility index (Phi) is 3.91. The van der Waals surface area contributed by atoms with Gasteiger partial charge in [-0.05, 0) is 24.3 Å². The third kappa shape index (κ3) is 2.71. The highest BCUT2D eigenvalue weighted by Crippen LogP contribution is 2.36. The third-order valence-electron chi connectivity index (χ3n) is 3.12. The van der Waals surface area contributed by atoms with Crippen molar-refractivity contribution in [1.29, 1.82) is 0 Å². The van der Waals surface area contributed by atoms with Crippen molar-refractivity contribution in [1.82, 2.24) is 14.5 Å². The summed E-state index contributed by atoms with van der Waals surface area (Å²) in [4.78, 5) is 8.04. The van der Waals surface area contributed by atoms with Gasteiger partial charge in [0.15, 0.2) is 0 Å². The number of hydrogen-bond donors (Lipinski definition) is 0. The van der Waals surface area contributed by atoms with E-state index in [9.17, 15) is 13.2 Å². The van der Waals surface area contributed by atoms with E-state index in [1.807, 2.05) is 0 Å². The van der Waals surface area contributed by atoms with Gasteiger partial charge in [0, 0.05) is 31.0 Å². The Morgan fingerprint density at radius 2 is 1.95 bits per heavy atom. The maximum absolute atomic E-state index is 13.2. The summed E-state index contributed by atoms with van der Waals surface area (Å²) < 4.78 is 41.3. The number of rotatable bonds is 1. The lowest BCUT2D eigenvalue weighted by molar-refractivity contribution is -0.136. The van der Waals surface area contributed by atoms with Crippen molar-refractivity contribution in [3.8, 4) is 11.4 Å². The minimum Gasteiger partial charge on any atom is -0.349 e. The minimum absolute atomic E-state index is 0. The molecule has 0 atom stereocenters. The normalized spacial score (nSPS) is 11.4. The molecule has 21 heavy (non-hydrogen) atoms. The van der Waals surface area contributed by atoms with E-state index in [1.165, 1.54) is 18.5 Å². The molecule has 0 saturated heterocycles. The van der Waals surface area contributed by atoms with Crippen LogP contribution in [0, 0.1) is 0 Å². The molecule has 0 bridgehead atoms. The molecule has 0 radical (unpaired) electrons. The zero-order valence-electron chi connectivity index (χ0n) is 10.9. The van der Waals surface area contributed by atoms with Crippen LogP contribution in [0.2, 0.25) is 0 Å². The standard InChI is InChI=1S/C14H10F3N3.ClH/c1-20-6-2-3-13(20)12-7-10(14(15,16)17)9-8-18-5-4-11(9)19-12;/h2-8H,1H3;1H. The fourth-order valence-corrected chi connectivity index (χ4v) is 2.16. The van der Waals surface area contributed by atoms with Crippen LogP contribution >= 0.6 is 12.4 Å². The minimum atomic E-state index is -4.44. The molecule has 0 unspecified atom stereocenters. The molecule has 0 aliphatic rings. The highest BCUT2D eigenvalue weighted by atomic mass is 35.5. The second kappa shape index (κ2) is 5.37. The van der Waals surface area contributed by atoms with Gasteiger partial charge in [-0.1, -0.05) is 0 Å². The molecule has 0 amide bonds. The molecular weight excluding hydrogens is 303 g/mol. The smallest absolute Gasteiger partial charge is 0.349 e. The predicted octanol–water partition coefficient (Wildman–Crippen LogP) is 4.08. The highest BCUT2D eigenvalue weighted by Gasteiger charge is 2.33. The molecule has 7 heteroatoms. The lowest BCUT2D eigenvalue weighted by atomic mass is 10.1. The van der Waals surface area contributed by atoms with Gasteiger partial charge < -0.3 is 4.57 Å². The first-order valence-electron chi connectivity index (χ1n) is 5.90. The van der Waals surface area contributed by atoms with Crippen LogP contribution in [0.15, 0.2) is 42.9 Å². The predicted molar refractivity (Wildman–Crippen MR) is 76.2 cm³/mol. The van der Waals surface area contributed by atoms with Gasteiger partial charge in [-0.2, -0.15) is 13.2 Å². The number of halogens is 4. The summed E-state index contributed by atoms with van der Waals surface area (Å²) in [5.74, 6) is 0. The van der Waals surface area contributed by atoms with Crippen LogP contribution in [0.25, 0.3) is 22.3 Å². The molecule has 0 saturated carbocycles. The van der Waals surface area contributed by atoms with Crippen LogP contribution in [0.4, 0.5) is 13.2 Å². The largest absolute Gasteiger partial charge is 0.417 e. The molecule has 3 heterocycles. The molecule has 0 aliphatic carbocycles. The lowest BCUT2D eigenvalue weighted by Gasteiger charge is -2.12. The zero-order chi connectivity index (χ0) is 14.3. The number of alkyl halides is 3. The molecule has 0 N–H and O–H groups in total. The van der Waals surface area contributed by atoms with Crippen molar-refractivity contribution in [2.75, 3.05) is 0 Å². The Hall–Kier alpha value is -2.08. The molecule has 110 valence electrons. The number of hydrogen-bond acceptors (Lipinski definition) is 2. The van der Waals surface area contributed by atoms with Crippen molar-refractivity contribution >= 4 is 23.3 Å². The molecular formula is C14H11ClF3N3. The molecule has 0 fully saturated rings. The molecule has 3 rings (SSSR count). The van der Waals surface area contributed by atoms with Crippen LogP contribution < -0.4 is 0 Å². The van der Waals surface area contributed by atoms with Gasteiger partial charge in [-0.3, -0.25) is 4.98 Å². The van der Waals surface area contributed by atoms with Crippen LogP contribution in [-0.4, -0.2) is 14.5 Å². The third-order valence-corrected chi connectivity index (χ3v) is 3.12. The monoisotopic (exact) mass is 313 g/mol. The summed E-state index contributed by atoms with van der Waals surface area (Å²) in [6.07, 6.45) is -0.0463. The van der Waals surface area contributed by atoms with Gasteiger partial charge >= 0.3 is 6.18 Å². The van der Waals surface area contributed by atoms with Crippen LogP contribution in [0.5, 0.6) is 0 Å². The van der Waals surface area contributed by atoms with E-state index in [2.05, 4.69) is 9.97 Å². The van der Waals surface area contributed by atoms with E-state index >= 15 is 0 Å². The van der Waals surface area contributed by atoms with Crippen molar-refractivity contribution < 1.29 is 13.2 Å². The average molecular weight is 314 g/mol. The summed E-state index contributed by atoms with van der Waals surface area (Å²) in [6, 6.07) is 6.05. The van der Waals surface area contributed by atoms with E-state index in [4.69, 9.17) is 0 Å². The molecule has 3 aromatic heterocycles. The van der Waals surface area contributed by atoms with Gasteiger partial charge in [0.1, 0.15) is 0 Å². The summed E-state index contributed by atoms with van der Waals surface area (Å²) in [6.45, 7) is 0. The van der Waals surface area contributed by atoms with Crippen molar-refractivity contribution in [3.05, 3.63) is 48.4 Å². The zero-order valence-corrected chi connectivity index (χ0v) is 11.7. The summed E-state index contributed by atoms with van der Waals surface area (Å²) in [7, 11) is 1.76. The Labute approximate surface area is 124 Å². The fraction of sp³-hybridized carbons (Fsp3) is 0.143. The molecule has 0 aliphatic heterocycles. The Morgan fingerprint density at radius 1 is 1.19 bits per heavy atom. The number of pyridine rings is 2. The summed E-state index contributed by atoms with van der Waals surface area (Å²) in [5, 5.41) is 0.0120. The topological polar surface area (TPSA) is 30.7 Å². The van der Waals surface area contributed by atoms with E-state index in [0.717, 1.165) is 6.07 Å². The van der Waals surface area contributed by atoms with E-state index in [1.54, 1.807) is 29.9 Å². The van der Waals surface area contributed by atoms with Gasteiger partial charge in [-0.15, -0.1) is 12.4 Å². The summed E-state index contributed by atoms with van der Waals surface area (Å²) >= 11 is 0. The second-order valence-corrected chi connectivity index (χ2v) is 4.45. The Morgan fingerprint density at radius 3 is 2.57 bits per heavy atom. The van der Waals surface area contributed by atoms with E-state index < -0.39 is 11.7 Å². The molecule has 0 aromatic carbocycles. The first kappa shape index (κ1) is 15.3. The van der Waals surface area contributed by atoms with E-state index in [-0.39, 0.29) is 23.3 Å². The number of nitrogens with zero attached hydrogens (tertiary/aromatic N) is 3. The lowest BCUT2D eigenvalue weighted by Crippen LogP contribution is -2.08. The summed E-state index contributed by atoms with van der Waals surface area (Å²) in [5.41, 5.74) is 0.496. The highest BCUT2D eigenvalue weighted by molar-refractivity contribution is 5.85. The van der Waals surface area contributed by atoms with Gasteiger partial charge in [0.25, 0.3) is 0 Å². The van der Waals surface area contributed by atoms with Crippen molar-refractivity contribution in [3.63, 3.8) is 0 Å². The fourth-order valence-electron chi connectivity index (χ4n) is 2.16. The molecule has 0 spiro atoms. The number of aryl methyl sites for hydroxylation is 1. The van der Waals surface area contributed by atoms with Crippen molar-refractivity contribution in [2.45, 2.75) is 6.18 Å². The van der Waals surface area contributed by atoms with Gasteiger partial charge in [0.05, 0.1) is 22.5 Å². The van der Waals surface area contributed by atoms with Gasteiger partial charge in [0.2, 0.25) is 0 Å². The number of aromatic nitrogens is 3. The SMILES string of the molecule is Cl.Cn1cccc1-c1cc(C(F)(F)F)c2cnccc2n1. The Bertz CT molecular complexity index is 780. The van der Waals surface area contributed by atoms with E-state index in [0.29, 0.717) is 11.4 Å². The Balaban J connectivity index is 0.00000161. The second-order valence-electron chi connectivity index (χ2n) is 4.45. The van der Waals surface area contributed by atoms with Gasteiger partial charge in [-0.25, -0.2) is 4.98 Å². The molecule has 3 aromatic rings. The van der Waals surface area contributed by atoms with Crippen LogP contribution in [0.1, 0.15) is 5.56 Å². The number of fused-ring (bicyclic) bond motifs is 1. The van der Waals surface area contributed by atoms with Crippen molar-refractivity contribution in [2.24, 2.45) is 7.05 Å². The quantitative estimate of drug-likeness (QED) is 0.678. The van der Waals surface area contributed by atoms with Crippen LogP contribution in [0.3, 0.4) is 0 Å². The molecule has 3 nitrogen and oxygen atoms in total. The first-order chi connectivity index (χ1) is 9.47. The van der Waals surface area contributed by atoms with Crippen LogP contribution in [-0.2, 0) is 13.2 Å². The maximum atomic E-state index is 13.2.